The third kappa shape index (κ3) is 5.49. The molecule has 3 rings (SSSR count). The Kier molecular flexibility index (Phi) is 5.87. The summed E-state index contributed by atoms with van der Waals surface area (Å²) in [6.07, 6.45) is 0.640. The second-order valence-corrected chi connectivity index (χ2v) is 7.78. The van der Waals surface area contributed by atoms with Gasteiger partial charge in [0.1, 0.15) is 11.4 Å². The van der Waals surface area contributed by atoms with Gasteiger partial charge in [0, 0.05) is 18.8 Å². The Hall–Kier alpha value is -3.02. The number of benzene rings is 2. The zero-order valence-corrected chi connectivity index (χ0v) is 16.5. The van der Waals surface area contributed by atoms with Crippen molar-refractivity contribution in [1.82, 2.24) is 4.90 Å². The van der Waals surface area contributed by atoms with Crippen LogP contribution in [0.5, 0.6) is 5.75 Å². The number of fused-ring (bicyclic) bond motifs is 1. The van der Waals surface area contributed by atoms with Crippen LogP contribution in [0.1, 0.15) is 31.9 Å². The van der Waals surface area contributed by atoms with Gasteiger partial charge in [-0.25, -0.2) is 9.59 Å². The van der Waals surface area contributed by atoms with Gasteiger partial charge in [0.05, 0.1) is 0 Å². The van der Waals surface area contributed by atoms with Crippen molar-refractivity contribution in [3.05, 3.63) is 59.7 Å². The number of hydrogen-bond acceptors (Lipinski definition) is 4. The molecule has 0 saturated heterocycles. The van der Waals surface area contributed by atoms with Crippen LogP contribution >= 0.6 is 0 Å². The second kappa shape index (κ2) is 8.33. The smallest absolute Gasteiger partial charge is 0.417 e. The number of nitrogens with zero attached hydrogens (tertiary/aromatic N) is 1. The van der Waals surface area contributed by atoms with Crippen molar-refractivity contribution in [3.8, 4) is 5.75 Å². The Morgan fingerprint density at radius 1 is 0.964 bits per heavy atom. The van der Waals surface area contributed by atoms with E-state index in [4.69, 9.17) is 9.47 Å². The number of hydrogen-bond donors (Lipinski definition) is 1. The summed E-state index contributed by atoms with van der Waals surface area (Å²) in [5.41, 5.74) is 2.45. The first-order valence-corrected chi connectivity index (χ1v) is 9.44. The molecule has 0 saturated carbocycles. The summed E-state index contributed by atoms with van der Waals surface area (Å²) < 4.78 is 10.7. The first-order chi connectivity index (χ1) is 13.3. The van der Waals surface area contributed by atoms with E-state index in [1.54, 1.807) is 29.2 Å². The van der Waals surface area contributed by atoms with Crippen molar-refractivity contribution in [3.63, 3.8) is 0 Å². The average Bonchev–Trinajstić information content (AvgIpc) is 2.83. The van der Waals surface area contributed by atoms with Gasteiger partial charge < -0.3 is 14.4 Å². The van der Waals surface area contributed by atoms with E-state index in [1.165, 1.54) is 5.56 Å². The molecule has 148 valence electrons. The Balaban J connectivity index is 1.62. The van der Waals surface area contributed by atoms with Crippen LogP contribution < -0.4 is 10.1 Å². The molecule has 0 spiro atoms. The van der Waals surface area contributed by atoms with Crippen molar-refractivity contribution in [2.45, 2.75) is 39.2 Å². The molecule has 0 unspecified atom stereocenters. The second-order valence-electron chi connectivity index (χ2n) is 7.78. The molecule has 6 nitrogen and oxygen atoms in total. The quantitative estimate of drug-likeness (QED) is 0.822. The van der Waals surface area contributed by atoms with Crippen LogP contribution in [0.4, 0.5) is 15.3 Å². The molecule has 0 aromatic heterocycles. The number of anilines is 1. The molecule has 1 N–H and O–H groups in total. The van der Waals surface area contributed by atoms with Crippen molar-refractivity contribution < 1.29 is 19.1 Å². The fourth-order valence-electron chi connectivity index (χ4n) is 3.05. The van der Waals surface area contributed by atoms with E-state index in [1.807, 2.05) is 45.0 Å². The topological polar surface area (TPSA) is 67.9 Å². The molecule has 0 fully saturated rings. The fraction of sp³-hybridized carbons (Fsp3) is 0.364. The number of carbonyl (C=O) groups is 2. The summed E-state index contributed by atoms with van der Waals surface area (Å²) in [4.78, 5) is 26.2. The Morgan fingerprint density at radius 2 is 1.64 bits per heavy atom. The van der Waals surface area contributed by atoms with Crippen LogP contribution in [-0.2, 0) is 17.6 Å². The molecule has 0 bridgehead atoms. The number of nitrogens with one attached hydrogen (secondary N) is 1. The maximum atomic E-state index is 12.3. The van der Waals surface area contributed by atoms with Gasteiger partial charge in [-0.05, 0) is 69.0 Å². The summed E-state index contributed by atoms with van der Waals surface area (Å²) >= 11 is 0. The molecule has 28 heavy (non-hydrogen) atoms. The molecule has 2 aromatic carbocycles. The molecule has 2 aromatic rings. The van der Waals surface area contributed by atoms with Crippen LogP contribution in [-0.4, -0.2) is 35.8 Å². The largest absolute Gasteiger partial charge is 0.444 e. The van der Waals surface area contributed by atoms with Gasteiger partial charge in [0.15, 0.2) is 0 Å². The SMILES string of the molecule is CC(C)(C)OC(=O)N1CCc2ccc(NC(=O)Oc3ccccc3)cc2CC1. The van der Waals surface area contributed by atoms with E-state index < -0.39 is 11.7 Å². The molecule has 1 aliphatic heterocycles. The van der Waals surface area contributed by atoms with Gasteiger partial charge in [-0.2, -0.15) is 0 Å². The standard InChI is InChI=1S/C22H26N2O4/c1-22(2,3)28-21(26)24-13-11-16-9-10-18(15-17(16)12-14-24)23-20(25)27-19-7-5-4-6-8-19/h4-10,15H,11-14H2,1-3H3,(H,23,25). The summed E-state index contributed by atoms with van der Waals surface area (Å²) in [7, 11) is 0. The van der Waals surface area contributed by atoms with E-state index >= 15 is 0 Å². The predicted molar refractivity (Wildman–Crippen MR) is 108 cm³/mol. The van der Waals surface area contributed by atoms with Gasteiger partial charge in [-0.3, -0.25) is 5.32 Å². The molecule has 6 heteroatoms. The molecular weight excluding hydrogens is 356 g/mol. The first kappa shape index (κ1) is 19.7. The summed E-state index contributed by atoms with van der Waals surface area (Å²) in [5.74, 6) is 0.489. The van der Waals surface area contributed by atoms with Crippen molar-refractivity contribution >= 4 is 17.9 Å². The lowest BCUT2D eigenvalue weighted by Crippen LogP contribution is -2.38. The van der Waals surface area contributed by atoms with Crippen LogP contribution in [0.2, 0.25) is 0 Å². The maximum absolute atomic E-state index is 12.3. The Labute approximate surface area is 165 Å². The molecule has 0 radical (unpaired) electrons. The van der Waals surface area contributed by atoms with Gasteiger partial charge >= 0.3 is 12.2 Å². The number of rotatable bonds is 2. The summed E-state index contributed by atoms with van der Waals surface area (Å²) in [6.45, 7) is 6.79. The van der Waals surface area contributed by atoms with Crippen LogP contribution in [0.3, 0.4) is 0 Å². The highest BCUT2D eigenvalue weighted by Crippen LogP contribution is 2.22. The lowest BCUT2D eigenvalue weighted by molar-refractivity contribution is 0.0258. The zero-order valence-electron chi connectivity index (χ0n) is 16.5. The van der Waals surface area contributed by atoms with E-state index in [0.717, 1.165) is 12.0 Å². The maximum Gasteiger partial charge on any atom is 0.417 e. The van der Waals surface area contributed by atoms with Crippen molar-refractivity contribution in [2.24, 2.45) is 0 Å². The Morgan fingerprint density at radius 3 is 2.32 bits per heavy atom. The molecule has 2 amide bonds. The normalized spacial score (nSPS) is 13.9. The average molecular weight is 382 g/mol. The third-order valence-corrected chi connectivity index (χ3v) is 4.36. The van der Waals surface area contributed by atoms with Crippen molar-refractivity contribution in [2.75, 3.05) is 18.4 Å². The summed E-state index contributed by atoms with van der Waals surface area (Å²) in [6, 6.07) is 14.7. The van der Waals surface area contributed by atoms with Gasteiger partial charge in [0.25, 0.3) is 0 Å². The molecule has 1 aliphatic rings. The number of para-hydroxylation sites is 1. The van der Waals surface area contributed by atoms with E-state index in [2.05, 4.69) is 5.32 Å². The van der Waals surface area contributed by atoms with E-state index in [9.17, 15) is 9.59 Å². The zero-order chi connectivity index (χ0) is 20.1. The monoisotopic (exact) mass is 382 g/mol. The highest BCUT2D eigenvalue weighted by Gasteiger charge is 2.24. The predicted octanol–water partition coefficient (Wildman–Crippen LogP) is 4.63. The number of carbonyl (C=O) groups excluding carboxylic acids is 2. The Bertz CT molecular complexity index is 843. The lowest BCUT2D eigenvalue weighted by atomic mass is 10.0. The molecule has 1 heterocycles. The highest BCUT2D eigenvalue weighted by molar-refractivity contribution is 5.86. The summed E-state index contributed by atoms with van der Waals surface area (Å²) in [5, 5.41) is 2.76. The minimum Gasteiger partial charge on any atom is -0.444 e. The minimum atomic E-state index is -0.532. The fourth-order valence-corrected chi connectivity index (χ4v) is 3.05. The lowest BCUT2D eigenvalue weighted by Gasteiger charge is -2.26. The van der Waals surface area contributed by atoms with Crippen LogP contribution in [0.15, 0.2) is 48.5 Å². The van der Waals surface area contributed by atoms with Crippen LogP contribution in [0.25, 0.3) is 0 Å². The molecule has 0 aliphatic carbocycles. The van der Waals surface area contributed by atoms with Gasteiger partial charge in [-0.1, -0.05) is 24.3 Å². The highest BCUT2D eigenvalue weighted by atomic mass is 16.6. The van der Waals surface area contributed by atoms with Crippen molar-refractivity contribution in [1.29, 1.82) is 0 Å². The van der Waals surface area contributed by atoms with Gasteiger partial charge in [-0.15, -0.1) is 0 Å². The minimum absolute atomic E-state index is 0.287. The first-order valence-electron chi connectivity index (χ1n) is 9.44. The third-order valence-electron chi connectivity index (χ3n) is 4.36. The number of amides is 2. The molecular formula is C22H26N2O4. The van der Waals surface area contributed by atoms with Gasteiger partial charge in [0.2, 0.25) is 0 Å². The van der Waals surface area contributed by atoms with Crippen LogP contribution in [0, 0.1) is 0 Å². The number of ether oxygens (including phenoxy) is 2. The van der Waals surface area contributed by atoms with E-state index in [-0.39, 0.29) is 6.09 Å². The molecule has 0 atom stereocenters. The van der Waals surface area contributed by atoms with E-state index in [0.29, 0.717) is 30.9 Å².